The monoisotopic (exact) mass is 210 g/mol. The highest BCUT2D eigenvalue weighted by Crippen LogP contribution is 2.44. The lowest BCUT2D eigenvalue weighted by Crippen LogP contribution is -2.37. The van der Waals surface area contributed by atoms with E-state index in [1.165, 1.54) is 51.5 Å². The Morgan fingerprint density at radius 3 is 2.67 bits per heavy atom. The van der Waals surface area contributed by atoms with Gasteiger partial charge >= 0.3 is 0 Å². The van der Waals surface area contributed by atoms with Gasteiger partial charge in [-0.15, -0.1) is 0 Å². The van der Waals surface area contributed by atoms with E-state index in [0.717, 1.165) is 12.5 Å². The number of rotatable bonds is 4. The van der Waals surface area contributed by atoms with Crippen molar-refractivity contribution in [3.8, 4) is 0 Å². The maximum absolute atomic E-state index is 6.20. The van der Waals surface area contributed by atoms with Gasteiger partial charge in [0.2, 0.25) is 0 Å². The van der Waals surface area contributed by atoms with E-state index in [4.69, 9.17) is 5.73 Å². The minimum Gasteiger partial charge on any atom is -0.327 e. The smallest absolute Gasteiger partial charge is 0.00792 e. The molecular formula is C13H26N2. The predicted octanol–water partition coefficient (Wildman–Crippen LogP) is 2.28. The first kappa shape index (κ1) is 11.4. The Morgan fingerprint density at radius 1 is 1.20 bits per heavy atom. The molecule has 2 aliphatic carbocycles. The molecule has 0 heterocycles. The van der Waals surface area contributed by atoms with E-state index in [1.54, 1.807) is 0 Å². The van der Waals surface area contributed by atoms with Crippen molar-refractivity contribution in [2.24, 2.45) is 17.1 Å². The van der Waals surface area contributed by atoms with Gasteiger partial charge in [0.1, 0.15) is 0 Å². The summed E-state index contributed by atoms with van der Waals surface area (Å²) in [4.78, 5) is 0. The van der Waals surface area contributed by atoms with Gasteiger partial charge in [-0.2, -0.15) is 0 Å². The molecule has 2 aliphatic rings. The molecule has 0 amide bonds. The van der Waals surface area contributed by atoms with E-state index in [-0.39, 0.29) is 0 Å². The van der Waals surface area contributed by atoms with E-state index < -0.39 is 0 Å². The lowest BCUT2D eigenvalue weighted by atomic mass is 9.95. The van der Waals surface area contributed by atoms with Gasteiger partial charge in [0.15, 0.2) is 0 Å². The average molecular weight is 210 g/mol. The molecule has 15 heavy (non-hydrogen) atoms. The van der Waals surface area contributed by atoms with Crippen LogP contribution in [0.2, 0.25) is 0 Å². The highest BCUT2D eigenvalue weighted by Gasteiger charge is 2.36. The topological polar surface area (TPSA) is 38.0 Å². The van der Waals surface area contributed by atoms with Gasteiger partial charge in [0.05, 0.1) is 0 Å². The Bertz CT molecular complexity index is 199. The molecule has 0 bridgehead atoms. The fraction of sp³-hybridized carbons (Fsp3) is 1.00. The molecular weight excluding hydrogens is 184 g/mol. The van der Waals surface area contributed by atoms with Crippen molar-refractivity contribution in [1.82, 2.24) is 5.32 Å². The molecule has 2 fully saturated rings. The highest BCUT2D eigenvalue weighted by atomic mass is 14.9. The third-order valence-corrected chi connectivity index (χ3v) is 4.28. The van der Waals surface area contributed by atoms with Gasteiger partial charge in [0.25, 0.3) is 0 Å². The first-order chi connectivity index (χ1) is 7.20. The SMILES string of the molecule is CC1(CNCC2CCCCCC2N)CC1. The third-order valence-electron chi connectivity index (χ3n) is 4.28. The molecule has 0 aromatic rings. The van der Waals surface area contributed by atoms with Crippen molar-refractivity contribution in [2.45, 2.75) is 57.9 Å². The molecule has 0 aliphatic heterocycles. The number of nitrogens with two attached hydrogens (primary N) is 1. The summed E-state index contributed by atoms with van der Waals surface area (Å²) >= 11 is 0. The van der Waals surface area contributed by atoms with Crippen LogP contribution in [0.15, 0.2) is 0 Å². The molecule has 0 radical (unpaired) electrons. The van der Waals surface area contributed by atoms with Crippen molar-refractivity contribution in [3.05, 3.63) is 0 Å². The van der Waals surface area contributed by atoms with Gasteiger partial charge in [-0.25, -0.2) is 0 Å². The second kappa shape index (κ2) is 4.84. The Labute approximate surface area is 94.0 Å². The molecule has 2 heteroatoms. The Morgan fingerprint density at radius 2 is 1.93 bits per heavy atom. The summed E-state index contributed by atoms with van der Waals surface area (Å²) in [5.41, 5.74) is 6.84. The zero-order chi connectivity index (χ0) is 10.7. The standard InChI is InChI=1S/C13H26N2/c1-13(7-8-13)10-15-9-11-5-3-2-4-6-12(11)14/h11-12,15H,2-10,14H2,1H3. The second-order valence-electron chi connectivity index (χ2n) is 6.00. The first-order valence-corrected chi connectivity index (χ1v) is 6.66. The van der Waals surface area contributed by atoms with E-state index in [9.17, 15) is 0 Å². The molecule has 2 atom stereocenters. The first-order valence-electron chi connectivity index (χ1n) is 6.66. The molecule has 2 unspecified atom stereocenters. The van der Waals surface area contributed by atoms with Crippen LogP contribution in [-0.2, 0) is 0 Å². The molecule has 88 valence electrons. The summed E-state index contributed by atoms with van der Waals surface area (Å²) in [6.45, 7) is 4.74. The highest BCUT2D eigenvalue weighted by molar-refractivity contribution is 4.91. The summed E-state index contributed by atoms with van der Waals surface area (Å²) in [6.07, 6.45) is 9.52. The summed E-state index contributed by atoms with van der Waals surface area (Å²) < 4.78 is 0. The molecule has 2 nitrogen and oxygen atoms in total. The largest absolute Gasteiger partial charge is 0.327 e. The molecule has 0 aromatic heterocycles. The predicted molar refractivity (Wildman–Crippen MR) is 64.8 cm³/mol. The van der Waals surface area contributed by atoms with Crippen molar-refractivity contribution < 1.29 is 0 Å². The fourth-order valence-electron chi connectivity index (χ4n) is 2.62. The van der Waals surface area contributed by atoms with E-state index >= 15 is 0 Å². The Kier molecular flexibility index (Phi) is 3.68. The zero-order valence-corrected chi connectivity index (χ0v) is 10.1. The molecule has 2 saturated carbocycles. The zero-order valence-electron chi connectivity index (χ0n) is 10.1. The van der Waals surface area contributed by atoms with E-state index in [2.05, 4.69) is 12.2 Å². The van der Waals surface area contributed by atoms with Crippen molar-refractivity contribution in [3.63, 3.8) is 0 Å². The normalized spacial score (nSPS) is 34.8. The van der Waals surface area contributed by atoms with Crippen LogP contribution in [0.1, 0.15) is 51.9 Å². The van der Waals surface area contributed by atoms with Gasteiger partial charge in [0, 0.05) is 12.6 Å². The minimum absolute atomic E-state index is 0.451. The average Bonchev–Trinajstić information content (AvgIpc) is 2.95. The van der Waals surface area contributed by atoms with Crippen molar-refractivity contribution in [1.29, 1.82) is 0 Å². The van der Waals surface area contributed by atoms with E-state index in [1.807, 2.05) is 0 Å². The molecule has 3 N–H and O–H groups in total. The van der Waals surface area contributed by atoms with Crippen LogP contribution in [-0.4, -0.2) is 19.1 Å². The van der Waals surface area contributed by atoms with Crippen molar-refractivity contribution >= 4 is 0 Å². The number of hydrogen-bond donors (Lipinski definition) is 2. The fourth-order valence-corrected chi connectivity index (χ4v) is 2.62. The maximum atomic E-state index is 6.20. The van der Waals surface area contributed by atoms with Gasteiger partial charge in [-0.05, 0) is 43.6 Å². The van der Waals surface area contributed by atoms with Gasteiger partial charge in [-0.3, -0.25) is 0 Å². The van der Waals surface area contributed by atoms with Crippen LogP contribution in [0.4, 0.5) is 0 Å². The van der Waals surface area contributed by atoms with Crippen LogP contribution in [0.3, 0.4) is 0 Å². The second-order valence-corrected chi connectivity index (χ2v) is 6.00. The molecule has 0 saturated heterocycles. The number of nitrogens with one attached hydrogen (secondary N) is 1. The number of hydrogen-bond acceptors (Lipinski definition) is 2. The van der Waals surface area contributed by atoms with E-state index in [0.29, 0.717) is 11.5 Å². The van der Waals surface area contributed by atoms with Crippen LogP contribution >= 0.6 is 0 Å². The summed E-state index contributed by atoms with van der Waals surface area (Å²) in [5.74, 6) is 0.731. The Balaban J connectivity index is 1.67. The summed E-state index contributed by atoms with van der Waals surface area (Å²) in [5, 5.41) is 3.64. The van der Waals surface area contributed by atoms with Gasteiger partial charge < -0.3 is 11.1 Å². The van der Waals surface area contributed by atoms with Crippen LogP contribution in [0, 0.1) is 11.3 Å². The lowest BCUT2D eigenvalue weighted by Gasteiger charge is -2.22. The van der Waals surface area contributed by atoms with Crippen LogP contribution in [0.5, 0.6) is 0 Å². The van der Waals surface area contributed by atoms with Crippen LogP contribution in [0.25, 0.3) is 0 Å². The molecule has 2 rings (SSSR count). The summed E-state index contributed by atoms with van der Waals surface area (Å²) in [7, 11) is 0. The maximum Gasteiger partial charge on any atom is 0.00792 e. The third kappa shape index (κ3) is 3.46. The lowest BCUT2D eigenvalue weighted by molar-refractivity contribution is 0.359. The quantitative estimate of drug-likeness (QED) is 0.699. The van der Waals surface area contributed by atoms with Gasteiger partial charge in [-0.1, -0.05) is 26.2 Å². The Hall–Kier alpha value is -0.0800. The van der Waals surface area contributed by atoms with Crippen LogP contribution < -0.4 is 11.1 Å². The molecule has 0 spiro atoms. The van der Waals surface area contributed by atoms with Crippen molar-refractivity contribution in [2.75, 3.05) is 13.1 Å². The summed E-state index contributed by atoms with van der Waals surface area (Å²) in [6, 6.07) is 0.451. The molecule has 0 aromatic carbocycles. The minimum atomic E-state index is 0.451.